The summed E-state index contributed by atoms with van der Waals surface area (Å²) >= 11 is 0. The van der Waals surface area contributed by atoms with Crippen molar-refractivity contribution in [3.05, 3.63) is 41.1 Å². The highest BCUT2D eigenvalue weighted by Gasteiger charge is 2.40. The number of aryl methyl sites for hydroxylation is 1. The van der Waals surface area contributed by atoms with Crippen LogP contribution in [0.15, 0.2) is 24.4 Å². The predicted molar refractivity (Wildman–Crippen MR) is 122 cm³/mol. The molecule has 1 aromatic carbocycles. The SMILES string of the molecule is CCOc1c(C)ccc(-c2cnc(NC3(C(=O)O)CCOCC3)cc2COC2CC2)c1C. The highest BCUT2D eigenvalue weighted by atomic mass is 16.5. The van der Waals surface area contributed by atoms with Gasteiger partial charge >= 0.3 is 5.97 Å². The Morgan fingerprint density at radius 1 is 1.25 bits per heavy atom. The molecule has 1 aromatic heterocycles. The van der Waals surface area contributed by atoms with Crippen molar-refractivity contribution in [3.63, 3.8) is 0 Å². The number of anilines is 1. The van der Waals surface area contributed by atoms with Gasteiger partial charge in [-0.1, -0.05) is 12.1 Å². The molecule has 2 aromatic rings. The van der Waals surface area contributed by atoms with Crippen LogP contribution in [-0.4, -0.2) is 47.5 Å². The van der Waals surface area contributed by atoms with Crippen molar-refractivity contribution in [2.45, 2.75) is 64.7 Å². The number of nitrogens with zero attached hydrogens (tertiary/aromatic N) is 1. The molecule has 2 aliphatic rings. The van der Waals surface area contributed by atoms with Gasteiger partial charge in [-0.15, -0.1) is 0 Å². The summed E-state index contributed by atoms with van der Waals surface area (Å²) in [6, 6.07) is 6.08. The minimum absolute atomic E-state index is 0.311. The van der Waals surface area contributed by atoms with Crippen LogP contribution in [-0.2, 0) is 20.9 Å². The number of pyridine rings is 1. The third-order valence-electron chi connectivity index (χ3n) is 6.29. The van der Waals surface area contributed by atoms with E-state index in [1.54, 1.807) is 0 Å². The Morgan fingerprint density at radius 2 is 2.00 bits per heavy atom. The quantitative estimate of drug-likeness (QED) is 0.594. The van der Waals surface area contributed by atoms with Gasteiger partial charge in [0.2, 0.25) is 0 Å². The van der Waals surface area contributed by atoms with Crippen LogP contribution in [0.25, 0.3) is 11.1 Å². The molecule has 1 saturated heterocycles. The normalized spacial score (nSPS) is 17.7. The lowest BCUT2D eigenvalue weighted by atomic mass is 9.90. The van der Waals surface area contributed by atoms with E-state index in [9.17, 15) is 9.90 Å². The Bertz CT molecular complexity index is 981. The molecule has 7 nitrogen and oxygen atoms in total. The second-order valence-corrected chi connectivity index (χ2v) is 8.68. The summed E-state index contributed by atoms with van der Waals surface area (Å²) in [6.45, 7) is 7.98. The number of hydrogen-bond donors (Lipinski definition) is 2. The van der Waals surface area contributed by atoms with Crippen LogP contribution >= 0.6 is 0 Å². The Hall–Kier alpha value is -2.64. The third-order valence-corrected chi connectivity index (χ3v) is 6.29. The molecule has 2 fully saturated rings. The first-order valence-corrected chi connectivity index (χ1v) is 11.4. The molecule has 1 saturated carbocycles. The Morgan fingerprint density at radius 3 is 2.66 bits per heavy atom. The Labute approximate surface area is 189 Å². The summed E-state index contributed by atoms with van der Waals surface area (Å²) in [6.07, 6.45) is 5.10. The molecule has 2 heterocycles. The van der Waals surface area contributed by atoms with Gasteiger partial charge in [0.15, 0.2) is 0 Å². The zero-order valence-corrected chi connectivity index (χ0v) is 19.1. The van der Waals surface area contributed by atoms with E-state index in [1.807, 2.05) is 26.1 Å². The van der Waals surface area contributed by atoms with Crippen LogP contribution in [0, 0.1) is 13.8 Å². The smallest absolute Gasteiger partial charge is 0.329 e. The molecular formula is C25H32N2O5. The molecule has 7 heteroatoms. The summed E-state index contributed by atoms with van der Waals surface area (Å²) in [5, 5.41) is 13.1. The molecule has 32 heavy (non-hydrogen) atoms. The van der Waals surface area contributed by atoms with Crippen LogP contribution in [0.5, 0.6) is 5.75 Å². The number of carboxylic acids is 1. The van der Waals surface area contributed by atoms with Crippen LogP contribution in [0.1, 0.15) is 49.3 Å². The monoisotopic (exact) mass is 440 g/mol. The number of rotatable bonds is 9. The number of aromatic nitrogens is 1. The van der Waals surface area contributed by atoms with E-state index in [0.29, 0.717) is 51.2 Å². The van der Waals surface area contributed by atoms with Gasteiger partial charge in [-0.25, -0.2) is 9.78 Å². The molecule has 0 amide bonds. The van der Waals surface area contributed by atoms with Gasteiger partial charge in [-0.05, 0) is 61.9 Å². The summed E-state index contributed by atoms with van der Waals surface area (Å²) < 4.78 is 17.3. The number of carbonyl (C=O) groups is 1. The lowest BCUT2D eigenvalue weighted by Gasteiger charge is -2.34. The van der Waals surface area contributed by atoms with Crippen LogP contribution < -0.4 is 10.1 Å². The molecular weight excluding hydrogens is 408 g/mol. The minimum atomic E-state index is -1.07. The van der Waals surface area contributed by atoms with Gasteiger partial charge in [0.1, 0.15) is 17.1 Å². The first kappa shape index (κ1) is 22.6. The number of aliphatic carboxylic acids is 1. The second-order valence-electron chi connectivity index (χ2n) is 8.68. The lowest BCUT2D eigenvalue weighted by molar-refractivity contribution is -0.145. The maximum Gasteiger partial charge on any atom is 0.329 e. The average molecular weight is 441 g/mol. The van der Waals surface area contributed by atoms with Gasteiger partial charge in [-0.2, -0.15) is 0 Å². The van der Waals surface area contributed by atoms with E-state index >= 15 is 0 Å². The molecule has 0 radical (unpaired) electrons. The second kappa shape index (κ2) is 9.46. The van der Waals surface area contributed by atoms with Crippen LogP contribution in [0.3, 0.4) is 0 Å². The topological polar surface area (TPSA) is 89.9 Å². The summed E-state index contributed by atoms with van der Waals surface area (Å²) in [7, 11) is 0. The van der Waals surface area contributed by atoms with Crippen molar-refractivity contribution in [1.82, 2.24) is 4.98 Å². The number of carboxylic acid groups (broad SMARTS) is 1. The summed E-state index contributed by atoms with van der Waals surface area (Å²) in [5.41, 5.74) is 4.10. The van der Waals surface area contributed by atoms with Crippen LogP contribution in [0.4, 0.5) is 5.82 Å². The largest absolute Gasteiger partial charge is 0.493 e. The van der Waals surface area contributed by atoms with Gasteiger partial charge < -0.3 is 24.6 Å². The molecule has 0 bridgehead atoms. The fourth-order valence-corrected chi connectivity index (χ4v) is 4.21. The zero-order valence-electron chi connectivity index (χ0n) is 19.1. The van der Waals surface area contributed by atoms with Crippen molar-refractivity contribution in [3.8, 4) is 16.9 Å². The average Bonchev–Trinajstić information content (AvgIpc) is 3.61. The third kappa shape index (κ3) is 4.74. The first-order valence-electron chi connectivity index (χ1n) is 11.4. The van der Waals surface area contributed by atoms with E-state index in [1.165, 1.54) is 0 Å². The van der Waals surface area contributed by atoms with Crippen molar-refractivity contribution < 1.29 is 24.1 Å². The van der Waals surface area contributed by atoms with Gasteiger partial charge in [0.25, 0.3) is 0 Å². The number of hydrogen-bond acceptors (Lipinski definition) is 6. The molecule has 0 spiro atoms. The first-order chi connectivity index (χ1) is 15.4. The molecule has 2 N–H and O–H groups in total. The molecule has 0 unspecified atom stereocenters. The van der Waals surface area contributed by atoms with Crippen molar-refractivity contribution >= 4 is 11.8 Å². The molecule has 0 atom stereocenters. The summed E-state index contributed by atoms with van der Waals surface area (Å²) in [5.74, 6) is 0.564. The van der Waals surface area contributed by atoms with Crippen LogP contribution in [0.2, 0.25) is 0 Å². The van der Waals surface area contributed by atoms with E-state index in [0.717, 1.165) is 46.4 Å². The van der Waals surface area contributed by atoms with E-state index in [2.05, 4.69) is 29.4 Å². The molecule has 1 aliphatic carbocycles. The van der Waals surface area contributed by atoms with Gasteiger partial charge in [0, 0.05) is 37.8 Å². The predicted octanol–water partition coefficient (Wildman–Crippen LogP) is 4.49. The van der Waals surface area contributed by atoms with Crippen molar-refractivity contribution in [2.75, 3.05) is 25.1 Å². The molecule has 4 rings (SSSR count). The Kier molecular flexibility index (Phi) is 6.67. The maximum absolute atomic E-state index is 12.1. The maximum atomic E-state index is 12.1. The van der Waals surface area contributed by atoms with Gasteiger partial charge in [0.05, 0.1) is 19.3 Å². The molecule has 1 aliphatic heterocycles. The van der Waals surface area contributed by atoms with Crippen molar-refractivity contribution in [2.24, 2.45) is 0 Å². The summed E-state index contributed by atoms with van der Waals surface area (Å²) in [4.78, 5) is 16.7. The van der Waals surface area contributed by atoms with Gasteiger partial charge in [-0.3, -0.25) is 0 Å². The van der Waals surface area contributed by atoms with E-state index in [-0.39, 0.29) is 0 Å². The highest BCUT2D eigenvalue weighted by molar-refractivity contribution is 5.83. The van der Waals surface area contributed by atoms with E-state index < -0.39 is 11.5 Å². The molecule has 172 valence electrons. The fourth-order valence-electron chi connectivity index (χ4n) is 4.21. The zero-order chi connectivity index (χ0) is 22.7. The van der Waals surface area contributed by atoms with Crippen molar-refractivity contribution in [1.29, 1.82) is 0 Å². The number of benzene rings is 1. The number of nitrogens with one attached hydrogen (secondary N) is 1. The Balaban J connectivity index is 1.70. The lowest BCUT2D eigenvalue weighted by Crippen LogP contribution is -2.50. The van der Waals surface area contributed by atoms with E-state index in [4.69, 9.17) is 14.2 Å². The minimum Gasteiger partial charge on any atom is -0.493 e. The fraction of sp³-hybridized carbons (Fsp3) is 0.520. The standard InChI is InChI=1S/C25H32N2O5/c1-4-31-23-16(2)5-8-20(17(23)3)21-14-26-22(13-18(21)15-32-19-6-7-19)27-25(24(28)29)9-11-30-12-10-25/h5,8,13-14,19H,4,6-7,9-12,15H2,1-3H3,(H,26,27)(H,28,29). The highest BCUT2D eigenvalue weighted by Crippen LogP contribution is 2.37. The number of ether oxygens (including phenoxy) is 3.